The van der Waals surface area contributed by atoms with Crippen molar-refractivity contribution in [3.05, 3.63) is 76.6 Å². The second-order valence-electron chi connectivity index (χ2n) is 5.51. The molecule has 2 aromatic carbocycles. The quantitative estimate of drug-likeness (QED) is 0.768. The average molecular weight is 340 g/mol. The molecule has 0 saturated carbocycles. The number of para-hydroxylation sites is 2. The zero-order chi connectivity index (χ0) is 18.0. The van der Waals surface area contributed by atoms with Gasteiger partial charge in [-0.2, -0.15) is 0 Å². The van der Waals surface area contributed by atoms with Crippen molar-refractivity contribution in [3.63, 3.8) is 0 Å². The van der Waals surface area contributed by atoms with Gasteiger partial charge in [-0.15, -0.1) is 0 Å². The summed E-state index contributed by atoms with van der Waals surface area (Å²) in [5, 5.41) is 5.04. The van der Waals surface area contributed by atoms with Crippen molar-refractivity contribution in [3.8, 4) is 5.69 Å². The number of carbonyl (C=O) groups is 1. The number of amides is 2. The molecule has 0 saturated heterocycles. The summed E-state index contributed by atoms with van der Waals surface area (Å²) in [7, 11) is 1.56. The van der Waals surface area contributed by atoms with E-state index in [1.807, 2.05) is 18.2 Å². The van der Waals surface area contributed by atoms with E-state index in [4.69, 9.17) is 0 Å². The molecule has 1 aromatic heterocycles. The molecule has 6 nitrogen and oxygen atoms in total. The second kappa shape index (κ2) is 6.64. The SMILES string of the molecule is Cc1c(NC(=O)Nc2ccccc2F)n(C)c(=O)n1-c1ccccc1. The zero-order valence-corrected chi connectivity index (χ0v) is 13.8. The van der Waals surface area contributed by atoms with Crippen LogP contribution in [0, 0.1) is 12.7 Å². The molecule has 3 aromatic rings. The predicted molar refractivity (Wildman–Crippen MR) is 94.8 cm³/mol. The molecule has 0 aliphatic heterocycles. The molecule has 3 rings (SSSR count). The molecule has 0 spiro atoms. The van der Waals surface area contributed by atoms with E-state index in [9.17, 15) is 14.0 Å². The lowest BCUT2D eigenvalue weighted by Gasteiger charge is -2.09. The lowest BCUT2D eigenvalue weighted by Crippen LogP contribution is -2.24. The van der Waals surface area contributed by atoms with Crippen LogP contribution >= 0.6 is 0 Å². The van der Waals surface area contributed by atoms with Crippen LogP contribution in [0.5, 0.6) is 0 Å². The number of imidazole rings is 1. The van der Waals surface area contributed by atoms with Crippen LogP contribution in [0.25, 0.3) is 5.69 Å². The van der Waals surface area contributed by atoms with E-state index in [1.165, 1.54) is 27.3 Å². The lowest BCUT2D eigenvalue weighted by atomic mass is 10.3. The van der Waals surface area contributed by atoms with Crippen molar-refractivity contribution < 1.29 is 9.18 Å². The minimum atomic E-state index is -0.631. The number of nitrogens with one attached hydrogen (secondary N) is 2. The number of anilines is 2. The van der Waals surface area contributed by atoms with E-state index < -0.39 is 11.8 Å². The summed E-state index contributed by atoms with van der Waals surface area (Å²) in [4.78, 5) is 24.7. The first-order chi connectivity index (χ1) is 12.0. The molecule has 0 unspecified atom stereocenters. The number of nitrogens with zero attached hydrogens (tertiary/aromatic N) is 2. The van der Waals surface area contributed by atoms with Gasteiger partial charge in [0.15, 0.2) is 0 Å². The minimum absolute atomic E-state index is 0.0603. The number of rotatable bonds is 3. The van der Waals surface area contributed by atoms with Crippen LogP contribution in [0.15, 0.2) is 59.4 Å². The van der Waals surface area contributed by atoms with Gasteiger partial charge in [0.05, 0.1) is 17.1 Å². The highest BCUT2D eigenvalue weighted by Gasteiger charge is 2.18. The molecule has 25 heavy (non-hydrogen) atoms. The Balaban J connectivity index is 1.90. The van der Waals surface area contributed by atoms with Crippen LogP contribution in [-0.4, -0.2) is 15.2 Å². The van der Waals surface area contributed by atoms with Crippen molar-refractivity contribution in [2.45, 2.75) is 6.92 Å². The molecule has 128 valence electrons. The Morgan fingerprint density at radius 1 is 1.00 bits per heavy atom. The number of hydrogen-bond acceptors (Lipinski definition) is 2. The normalized spacial score (nSPS) is 10.5. The Labute approximate surface area is 143 Å². The molecular formula is C18H17FN4O2. The largest absolute Gasteiger partial charge is 0.334 e. The molecule has 0 atom stereocenters. The van der Waals surface area contributed by atoms with E-state index >= 15 is 0 Å². The summed E-state index contributed by atoms with van der Waals surface area (Å²) in [6, 6.07) is 14.3. The van der Waals surface area contributed by atoms with E-state index in [1.54, 1.807) is 32.2 Å². The molecule has 2 N–H and O–H groups in total. The maximum absolute atomic E-state index is 13.6. The third-order valence-electron chi connectivity index (χ3n) is 3.86. The first-order valence-corrected chi connectivity index (χ1v) is 7.65. The van der Waals surface area contributed by atoms with Gasteiger partial charge in [0.25, 0.3) is 0 Å². The van der Waals surface area contributed by atoms with Crippen LogP contribution in [0.3, 0.4) is 0 Å². The number of hydrogen-bond donors (Lipinski definition) is 2. The van der Waals surface area contributed by atoms with Gasteiger partial charge >= 0.3 is 11.7 Å². The topological polar surface area (TPSA) is 68.1 Å². The van der Waals surface area contributed by atoms with Gasteiger partial charge in [-0.3, -0.25) is 14.5 Å². The summed E-state index contributed by atoms with van der Waals surface area (Å²) in [5.41, 5.74) is 1.04. The molecule has 1 heterocycles. The third-order valence-corrected chi connectivity index (χ3v) is 3.86. The van der Waals surface area contributed by atoms with E-state index in [-0.39, 0.29) is 11.4 Å². The average Bonchev–Trinajstić information content (AvgIpc) is 2.81. The number of benzene rings is 2. The van der Waals surface area contributed by atoms with Crippen LogP contribution in [0.2, 0.25) is 0 Å². The Hall–Kier alpha value is -3.35. The Kier molecular flexibility index (Phi) is 4.38. The first-order valence-electron chi connectivity index (χ1n) is 7.65. The summed E-state index contributed by atoms with van der Waals surface area (Å²) < 4.78 is 16.5. The minimum Gasteiger partial charge on any atom is -0.305 e. The molecule has 0 bridgehead atoms. The molecule has 2 amide bonds. The number of aromatic nitrogens is 2. The summed E-state index contributed by atoms with van der Waals surface area (Å²) >= 11 is 0. The summed E-state index contributed by atoms with van der Waals surface area (Å²) in [6.45, 7) is 1.73. The van der Waals surface area contributed by atoms with Crippen LogP contribution in [0.4, 0.5) is 20.7 Å². The smallest absolute Gasteiger partial charge is 0.305 e. The predicted octanol–water partition coefficient (Wildman–Crippen LogP) is 3.27. The Morgan fingerprint density at radius 3 is 2.32 bits per heavy atom. The van der Waals surface area contributed by atoms with E-state index in [0.717, 1.165) is 0 Å². The number of urea groups is 1. The number of halogens is 1. The standard InChI is InChI=1S/C18H17FN4O2/c1-12-16(21-17(24)20-15-11-7-6-10-14(15)19)22(2)18(25)23(12)13-8-4-3-5-9-13/h3-11H,1-2H3,(H2,20,21,24). The van der Waals surface area contributed by atoms with Gasteiger partial charge in [0.1, 0.15) is 11.6 Å². The monoisotopic (exact) mass is 340 g/mol. The fraction of sp³-hybridized carbons (Fsp3) is 0.111. The van der Waals surface area contributed by atoms with Gasteiger partial charge in [-0.05, 0) is 31.2 Å². The van der Waals surface area contributed by atoms with Crippen LogP contribution < -0.4 is 16.3 Å². The van der Waals surface area contributed by atoms with Crippen molar-refractivity contribution in [1.82, 2.24) is 9.13 Å². The second-order valence-corrected chi connectivity index (χ2v) is 5.51. The highest BCUT2D eigenvalue weighted by Crippen LogP contribution is 2.18. The van der Waals surface area contributed by atoms with Crippen molar-refractivity contribution in [2.75, 3.05) is 10.6 Å². The fourth-order valence-corrected chi connectivity index (χ4v) is 2.62. The third kappa shape index (κ3) is 3.16. The van der Waals surface area contributed by atoms with Gasteiger partial charge in [-0.25, -0.2) is 14.0 Å². The van der Waals surface area contributed by atoms with Crippen molar-refractivity contribution in [1.29, 1.82) is 0 Å². The maximum atomic E-state index is 13.6. The molecule has 7 heteroatoms. The highest BCUT2D eigenvalue weighted by atomic mass is 19.1. The molecule has 0 aliphatic carbocycles. The summed E-state index contributed by atoms with van der Waals surface area (Å²) in [6.07, 6.45) is 0. The molecule has 0 aliphatic rings. The fourth-order valence-electron chi connectivity index (χ4n) is 2.62. The zero-order valence-electron chi connectivity index (χ0n) is 13.8. The number of carbonyl (C=O) groups excluding carboxylic acids is 1. The molecular weight excluding hydrogens is 323 g/mol. The maximum Gasteiger partial charge on any atom is 0.334 e. The van der Waals surface area contributed by atoms with Gasteiger partial charge in [-0.1, -0.05) is 30.3 Å². The lowest BCUT2D eigenvalue weighted by molar-refractivity contribution is 0.262. The van der Waals surface area contributed by atoms with Crippen molar-refractivity contribution >= 4 is 17.5 Å². The van der Waals surface area contributed by atoms with Crippen LogP contribution in [0.1, 0.15) is 5.69 Å². The Morgan fingerprint density at radius 2 is 1.64 bits per heavy atom. The van der Waals surface area contributed by atoms with Gasteiger partial charge in [0.2, 0.25) is 0 Å². The van der Waals surface area contributed by atoms with Gasteiger partial charge in [0, 0.05) is 7.05 Å². The first kappa shape index (κ1) is 16.5. The molecule has 0 radical (unpaired) electrons. The van der Waals surface area contributed by atoms with E-state index in [2.05, 4.69) is 10.6 Å². The van der Waals surface area contributed by atoms with Gasteiger partial charge < -0.3 is 5.32 Å². The van der Waals surface area contributed by atoms with Crippen molar-refractivity contribution in [2.24, 2.45) is 7.05 Å². The Bertz CT molecular complexity index is 976. The van der Waals surface area contributed by atoms with Crippen LogP contribution in [-0.2, 0) is 7.05 Å². The summed E-state index contributed by atoms with van der Waals surface area (Å²) in [5.74, 6) is -0.201. The highest BCUT2D eigenvalue weighted by molar-refractivity contribution is 5.99. The van der Waals surface area contributed by atoms with E-state index in [0.29, 0.717) is 17.2 Å². The molecule has 0 fully saturated rings.